The highest BCUT2D eigenvalue weighted by atomic mass is 16.6. The van der Waals surface area contributed by atoms with Gasteiger partial charge < -0.3 is 19.5 Å². The smallest absolute Gasteiger partial charge is 0.419 e. The second-order valence-electron chi connectivity index (χ2n) is 13.2. The van der Waals surface area contributed by atoms with Gasteiger partial charge in [0.15, 0.2) is 0 Å². The van der Waals surface area contributed by atoms with E-state index in [1.807, 2.05) is 22.9 Å². The zero-order chi connectivity index (χ0) is 28.1. The van der Waals surface area contributed by atoms with E-state index in [0.717, 1.165) is 53.4 Å². The third-order valence-corrected chi connectivity index (χ3v) is 7.17. The van der Waals surface area contributed by atoms with Crippen molar-refractivity contribution in [3.63, 3.8) is 0 Å². The van der Waals surface area contributed by atoms with Crippen LogP contribution in [-0.2, 0) is 9.47 Å². The van der Waals surface area contributed by atoms with Gasteiger partial charge in [-0.1, -0.05) is 6.07 Å². The molecule has 0 radical (unpaired) electrons. The summed E-state index contributed by atoms with van der Waals surface area (Å²) in [5.41, 5.74) is 1.62. The van der Waals surface area contributed by atoms with Gasteiger partial charge in [-0.05, 0) is 85.3 Å². The van der Waals surface area contributed by atoms with E-state index in [-0.39, 0.29) is 24.6 Å². The van der Waals surface area contributed by atoms with Gasteiger partial charge in [0.25, 0.3) is 0 Å². The zero-order valence-corrected chi connectivity index (χ0v) is 23.9. The topological polar surface area (TPSA) is 110 Å². The van der Waals surface area contributed by atoms with E-state index in [0.29, 0.717) is 19.0 Å². The number of hydrogen-bond acceptors (Lipinski definition) is 8. The van der Waals surface area contributed by atoms with Crippen molar-refractivity contribution in [3.8, 4) is 11.3 Å². The lowest BCUT2D eigenvalue weighted by atomic mass is 9.80. The van der Waals surface area contributed by atoms with E-state index >= 15 is 0 Å². The number of aromatic nitrogens is 3. The van der Waals surface area contributed by atoms with Gasteiger partial charge in [-0.25, -0.2) is 19.5 Å². The summed E-state index contributed by atoms with van der Waals surface area (Å²) in [5.74, 6) is 1.47. The number of carbonyl (C=O) groups is 2. The van der Waals surface area contributed by atoms with Gasteiger partial charge in [-0.3, -0.25) is 4.68 Å². The molecule has 10 nitrogen and oxygen atoms in total. The normalized spacial score (nSPS) is 21.7. The van der Waals surface area contributed by atoms with Gasteiger partial charge in [0, 0.05) is 37.3 Å². The highest BCUT2D eigenvalue weighted by molar-refractivity contribution is 5.88. The lowest BCUT2D eigenvalue weighted by molar-refractivity contribution is -0.00642. The molecule has 10 heteroatoms. The number of amides is 2. The molecule has 0 atom stereocenters. The number of nitrogens with zero attached hydrogens (tertiary/aromatic N) is 5. The lowest BCUT2D eigenvalue weighted by Gasteiger charge is -2.38. The van der Waals surface area contributed by atoms with E-state index < -0.39 is 23.4 Å². The van der Waals surface area contributed by atoms with Crippen molar-refractivity contribution >= 4 is 18.0 Å². The van der Waals surface area contributed by atoms with Crippen LogP contribution in [0.25, 0.3) is 11.3 Å². The van der Waals surface area contributed by atoms with Crippen molar-refractivity contribution in [1.82, 2.24) is 19.7 Å². The van der Waals surface area contributed by atoms with Gasteiger partial charge in [-0.2, -0.15) is 5.10 Å². The van der Waals surface area contributed by atoms with E-state index in [2.05, 4.69) is 11.1 Å². The number of β-amino-alcohol motifs (C(OH)–C–C–N with tert-alkyl or cyclic N) is 1. The van der Waals surface area contributed by atoms with Gasteiger partial charge >= 0.3 is 12.2 Å². The first kappa shape index (κ1) is 27.4. The molecule has 2 amide bonds. The third-order valence-electron chi connectivity index (χ3n) is 7.17. The van der Waals surface area contributed by atoms with Crippen molar-refractivity contribution in [3.05, 3.63) is 30.1 Å². The molecule has 5 rings (SSSR count). The first-order valence-corrected chi connectivity index (χ1v) is 14.0. The number of ether oxygens (including phenoxy) is 2. The second kappa shape index (κ2) is 10.1. The van der Waals surface area contributed by atoms with Crippen molar-refractivity contribution in [1.29, 1.82) is 0 Å². The summed E-state index contributed by atoms with van der Waals surface area (Å²) in [5, 5.41) is 14.7. The minimum Gasteiger partial charge on any atom is -0.443 e. The summed E-state index contributed by atoms with van der Waals surface area (Å²) in [6.07, 6.45) is 4.32. The summed E-state index contributed by atoms with van der Waals surface area (Å²) < 4.78 is 13.1. The molecule has 3 fully saturated rings. The summed E-state index contributed by atoms with van der Waals surface area (Å²) in [7, 11) is 0. The molecule has 0 bridgehead atoms. The average Bonchev–Trinajstić information content (AvgIpc) is 3.52. The first-order chi connectivity index (χ1) is 18.3. The van der Waals surface area contributed by atoms with E-state index in [1.54, 1.807) is 41.5 Å². The van der Waals surface area contributed by atoms with E-state index in [4.69, 9.17) is 19.6 Å². The van der Waals surface area contributed by atoms with Crippen LogP contribution in [0.3, 0.4) is 0 Å². The summed E-state index contributed by atoms with van der Waals surface area (Å²) in [4.78, 5) is 33.8. The molecule has 39 heavy (non-hydrogen) atoms. The van der Waals surface area contributed by atoms with Crippen LogP contribution in [0.1, 0.15) is 84.9 Å². The van der Waals surface area contributed by atoms with Crippen LogP contribution < -0.4 is 4.90 Å². The number of hydrogen-bond donors (Lipinski definition) is 1. The maximum Gasteiger partial charge on any atom is 0.419 e. The minimum absolute atomic E-state index is 0.131. The van der Waals surface area contributed by atoms with Crippen LogP contribution in [0.15, 0.2) is 24.4 Å². The van der Waals surface area contributed by atoms with Crippen molar-refractivity contribution in [2.75, 3.05) is 24.5 Å². The Bertz CT molecular complexity index is 1190. The van der Waals surface area contributed by atoms with Crippen LogP contribution in [0.2, 0.25) is 0 Å². The average molecular weight is 540 g/mol. The van der Waals surface area contributed by atoms with Gasteiger partial charge in [0.05, 0.1) is 23.5 Å². The quantitative estimate of drug-likeness (QED) is 0.538. The van der Waals surface area contributed by atoms with Crippen LogP contribution in [-0.4, -0.2) is 73.9 Å². The fraction of sp³-hybridized carbons (Fsp3) is 0.655. The second-order valence-corrected chi connectivity index (χ2v) is 13.2. The Morgan fingerprint density at radius 1 is 1.03 bits per heavy atom. The molecule has 0 spiro atoms. The molecule has 0 unspecified atom stereocenters. The lowest BCUT2D eigenvalue weighted by Crippen LogP contribution is -2.51. The van der Waals surface area contributed by atoms with Gasteiger partial charge in [0.2, 0.25) is 0 Å². The summed E-state index contributed by atoms with van der Waals surface area (Å²) >= 11 is 0. The molecule has 1 saturated heterocycles. The molecular weight excluding hydrogens is 498 g/mol. The number of rotatable bonds is 6. The molecule has 3 aliphatic rings. The maximum atomic E-state index is 12.9. The predicted octanol–water partition coefficient (Wildman–Crippen LogP) is 5.13. The Morgan fingerprint density at radius 3 is 2.18 bits per heavy atom. The van der Waals surface area contributed by atoms with Gasteiger partial charge in [-0.15, -0.1) is 0 Å². The van der Waals surface area contributed by atoms with Gasteiger partial charge in [0.1, 0.15) is 17.0 Å². The zero-order valence-electron chi connectivity index (χ0n) is 23.9. The largest absolute Gasteiger partial charge is 0.443 e. The van der Waals surface area contributed by atoms with Crippen LogP contribution in [0.5, 0.6) is 0 Å². The molecule has 0 aromatic carbocycles. The Morgan fingerprint density at radius 2 is 1.64 bits per heavy atom. The number of anilines is 1. The van der Waals surface area contributed by atoms with E-state index in [9.17, 15) is 14.7 Å². The molecule has 1 N–H and O–H groups in total. The number of imide groups is 1. The van der Waals surface area contributed by atoms with Crippen molar-refractivity contribution < 1.29 is 24.2 Å². The minimum atomic E-state index is -0.717. The number of aliphatic hydroxyl groups is 1. The van der Waals surface area contributed by atoms with Crippen LogP contribution >= 0.6 is 0 Å². The Labute approximate surface area is 230 Å². The number of pyridine rings is 1. The van der Waals surface area contributed by atoms with Crippen LogP contribution in [0, 0.1) is 5.92 Å². The predicted molar refractivity (Wildman–Crippen MR) is 147 cm³/mol. The molecular formula is C29H41N5O5. The third kappa shape index (κ3) is 6.54. The molecule has 1 aliphatic heterocycles. The number of aliphatic hydroxyl groups excluding tert-OH is 1. The molecule has 2 saturated carbocycles. The SMILES string of the molecule is CC(C)(C)OC(=O)N(C[C@H]1C[C@H](n2cc(-c3cccc(N4CC(O)C4)n3)c(C3CC3)n2)C1)C(=O)OC(C)(C)C. The Balaban J connectivity index is 1.28. The standard InChI is InChI=1S/C29H41N5O5/c1-28(2,3)38-26(36)33(27(37)39-29(4,5)6)14-18-12-20(13-18)34-17-22(25(31-34)19-10-11-19)23-8-7-9-24(30-23)32-15-21(35)16-32/h7-9,17-21,35H,10-16H2,1-6H3/t18-,20-. The fourth-order valence-corrected chi connectivity index (χ4v) is 5.02. The Hall–Kier alpha value is -3.14. The summed E-state index contributed by atoms with van der Waals surface area (Å²) in [6.45, 7) is 12.1. The molecule has 2 aliphatic carbocycles. The van der Waals surface area contributed by atoms with Crippen LogP contribution in [0.4, 0.5) is 15.4 Å². The Kier molecular flexibility index (Phi) is 7.11. The molecule has 2 aromatic heterocycles. The monoisotopic (exact) mass is 539 g/mol. The van der Waals surface area contributed by atoms with Crippen molar-refractivity contribution in [2.24, 2.45) is 5.92 Å². The fourth-order valence-electron chi connectivity index (χ4n) is 5.02. The molecule has 212 valence electrons. The van der Waals surface area contributed by atoms with E-state index in [1.165, 1.54) is 0 Å². The molecule has 3 heterocycles. The first-order valence-electron chi connectivity index (χ1n) is 14.0. The highest BCUT2D eigenvalue weighted by Crippen LogP contribution is 2.46. The van der Waals surface area contributed by atoms with Crippen molar-refractivity contribution in [2.45, 2.75) is 96.5 Å². The summed E-state index contributed by atoms with van der Waals surface area (Å²) in [6, 6.07) is 6.20. The molecule has 2 aromatic rings. The maximum absolute atomic E-state index is 12.9. The number of carbonyl (C=O) groups excluding carboxylic acids is 2. The highest BCUT2D eigenvalue weighted by Gasteiger charge is 2.40.